The third-order valence-electron chi connectivity index (χ3n) is 4.98. The van der Waals surface area contributed by atoms with Crippen LogP contribution in [0, 0.1) is 6.92 Å². The fourth-order valence-electron chi connectivity index (χ4n) is 2.71. The van der Waals surface area contributed by atoms with Gasteiger partial charge in [-0.15, -0.1) is 0 Å². The average Bonchev–Trinajstić information content (AvgIpc) is 2.76. The lowest BCUT2D eigenvalue weighted by molar-refractivity contribution is 0.00578. The summed E-state index contributed by atoms with van der Waals surface area (Å²) < 4.78 is 12.3. The van der Waals surface area contributed by atoms with E-state index in [1.54, 1.807) is 0 Å². The Balaban J connectivity index is 1.71. The molecule has 0 atom stereocenters. The second kappa shape index (κ2) is 6.66. The molecule has 1 aliphatic rings. The molecule has 0 saturated carbocycles. The molecule has 2 aromatic carbocycles. The highest BCUT2D eigenvalue weighted by Crippen LogP contribution is 2.36. The van der Waals surface area contributed by atoms with Crippen molar-refractivity contribution in [3.63, 3.8) is 0 Å². The topological polar surface area (TPSA) is 42.9 Å². The molecule has 1 aliphatic heterocycles. The Hall–Kier alpha value is -2.11. The zero-order chi connectivity index (χ0) is 18.1. The molecule has 1 N–H and O–H groups in total. The van der Waals surface area contributed by atoms with Crippen molar-refractivity contribution in [1.29, 1.82) is 0 Å². The minimum atomic E-state index is -0.335. The fourth-order valence-corrected chi connectivity index (χ4v) is 2.71. The van der Waals surface area contributed by atoms with E-state index in [9.17, 15) is 0 Å². The van der Waals surface area contributed by atoms with Gasteiger partial charge in [-0.3, -0.25) is 5.43 Å². The van der Waals surface area contributed by atoms with E-state index in [1.807, 2.05) is 42.6 Å². The monoisotopic (exact) mass is 336 g/mol. The molecular weight excluding hydrogens is 311 g/mol. The maximum Gasteiger partial charge on any atom is 0.495 e. The molecule has 2 aromatic rings. The molecule has 0 bridgehead atoms. The Morgan fingerprint density at radius 1 is 0.960 bits per heavy atom. The van der Waals surface area contributed by atoms with E-state index in [1.165, 1.54) is 0 Å². The van der Waals surface area contributed by atoms with Gasteiger partial charge in [-0.05, 0) is 57.8 Å². The first-order chi connectivity index (χ1) is 11.8. The van der Waals surface area contributed by atoms with E-state index in [0.29, 0.717) is 0 Å². The zero-order valence-electron chi connectivity index (χ0n) is 15.5. The second-order valence-corrected chi connectivity index (χ2v) is 7.44. The van der Waals surface area contributed by atoms with Crippen molar-refractivity contribution >= 4 is 24.5 Å². The van der Waals surface area contributed by atoms with E-state index in [-0.39, 0.29) is 18.3 Å². The van der Waals surface area contributed by atoms with Gasteiger partial charge in [0, 0.05) is 0 Å². The van der Waals surface area contributed by atoms with Gasteiger partial charge in [-0.1, -0.05) is 42.0 Å². The van der Waals surface area contributed by atoms with Gasteiger partial charge in [-0.2, -0.15) is 5.10 Å². The molecule has 130 valence electrons. The Labute approximate surface area is 150 Å². The first-order valence-corrected chi connectivity index (χ1v) is 8.59. The normalized spacial score (nSPS) is 18.7. The Morgan fingerprint density at radius 2 is 1.60 bits per heavy atom. The number of hydrogen-bond donors (Lipinski definition) is 1. The van der Waals surface area contributed by atoms with Crippen LogP contribution in [0.4, 0.5) is 5.69 Å². The number of rotatable bonds is 4. The first kappa shape index (κ1) is 17.7. The molecule has 4 nitrogen and oxygen atoms in total. The van der Waals surface area contributed by atoms with Crippen molar-refractivity contribution in [2.45, 2.75) is 45.8 Å². The van der Waals surface area contributed by atoms with Crippen molar-refractivity contribution in [3.8, 4) is 0 Å². The van der Waals surface area contributed by atoms with Crippen LogP contribution < -0.4 is 10.9 Å². The Morgan fingerprint density at radius 3 is 2.20 bits per heavy atom. The molecular formula is C20H25BN2O2. The number of benzene rings is 2. The van der Waals surface area contributed by atoms with Gasteiger partial charge in [0.2, 0.25) is 0 Å². The standard InChI is InChI=1S/C20H25BN2O2/c1-15-13-16(14-22-23-17-9-7-6-8-10-17)11-12-18(15)21-24-19(2,3)20(4,5)25-21/h6-14,23H,1-5H3. The van der Waals surface area contributed by atoms with E-state index in [4.69, 9.17) is 9.31 Å². The summed E-state index contributed by atoms with van der Waals surface area (Å²) in [6.45, 7) is 10.3. The molecule has 0 spiro atoms. The predicted molar refractivity (Wildman–Crippen MR) is 105 cm³/mol. The highest BCUT2D eigenvalue weighted by Gasteiger charge is 2.51. The molecule has 5 heteroatoms. The lowest BCUT2D eigenvalue weighted by Gasteiger charge is -2.32. The van der Waals surface area contributed by atoms with Crippen LogP contribution in [0.15, 0.2) is 53.6 Å². The smallest absolute Gasteiger partial charge is 0.399 e. The van der Waals surface area contributed by atoms with E-state index in [2.05, 4.69) is 57.3 Å². The predicted octanol–water partition coefficient (Wildman–Crippen LogP) is 3.74. The van der Waals surface area contributed by atoms with Gasteiger partial charge >= 0.3 is 7.12 Å². The molecule has 3 rings (SSSR count). The van der Waals surface area contributed by atoms with E-state index in [0.717, 1.165) is 22.3 Å². The third-order valence-corrected chi connectivity index (χ3v) is 4.98. The summed E-state index contributed by atoms with van der Waals surface area (Å²) in [6.07, 6.45) is 1.81. The summed E-state index contributed by atoms with van der Waals surface area (Å²) in [5.41, 5.74) is 6.54. The van der Waals surface area contributed by atoms with Gasteiger partial charge in [0.1, 0.15) is 0 Å². The molecule has 25 heavy (non-hydrogen) atoms. The number of para-hydroxylation sites is 1. The Kier molecular flexibility index (Phi) is 4.72. The van der Waals surface area contributed by atoms with Crippen LogP contribution in [-0.4, -0.2) is 24.5 Å². The van der Waals surface area contributed by atoms with Crippen LogP contribution in [-0.2, 0) is 9.31 Å². The minimum Gasteiger partial charge on any atom is -0.399 e. The molecule has 0 amide bonds. The van der Waals surface area contributed by atoms with Gasteiger partial charge in [0.25, 0.3) is 0 Å². The summed E-state index contributed by atoms with van der Waals surface area (Å²) >= 11 is 0. The Bertz CT molecular complexity index is 757. The summed E-state index contributed by atoms with van der Waals surface area (Å²) in [4.78, 5) is 0. The maximum atomic E-state index is 6.14. The maximum absolute atomic E-state index is 6.14. The summed E-state index contributed by atoms with van der Waals surface area (Å²) in [6, 6.07) is 16.1. The van der Waals surface area contributed by atoms with Gasteiger partial charge in [0.05, 0.1) is 23.1 Å². The average molecular weight is 336 g/mol. The zero-order valence-corrected chi connectivity index (χ0v) is 15.5. The molecule has 0 unspecified atom stereocenters. The van der Waals surface area contributed by atoms with Gasteiger partial charge < -0.3 is 9.31 Å². The second-order valence-electron chi connectivity index (χ2n) is 7.44. The lowest BCUT2D eigenvalue weighted by atomic mass is 9.76. The number of aryl methyl sites for hydroxylation is 1. The van der Waals surface area contributed by atoms with Crippen LogP contribution in [0.2, 0.25) is 0 Å². The highest BCUT2D eigenvalue weighted by atomic mass is 16.7. The fraction of sp³-hybridized carbons (Fsp3) is 0.350. The summed E-state index contributed by atoms with van der Waals surface area (Å²) in [7, 11) is -0.335. The van der Waals surface area contributed by atoms with Gasteiger partial charge in [0.15, 0.2) is 0 Å². The number of hydrazone groups is 1. The van der Waals surface area contributed by atoms with Crippen molar-refractivity contribution in [2.75, 3.05) is 5.43 Å². The molecule has 0 radical (unpaired) electrons. The lowest BCUT2D eigenvalue weighted by Crippen LogP contribution is -2.41. The van der Waals surface area contributed by atoms with Crippen LogP contribution >= 0.6 is 0 Å². The first-order valence-electron chi connectivity index (χ1n) is 8.59. The van der Waals surface area contributed by atoms with E-state index >= 15 is 0 Å². The molecule has 1 saturated heterocycles. The molecule has 0 aliphatic carbocycles. The van der Waals surface area contributed by atoms with Crippen LogP contribution in [0.5, 0.6) is 0 Å². The highest BCUT2D eigenvalue weighted by molar-refractivity contribution is 6.62. The van der Waals surface area contributed by atoms with Crippen LogP contribution in [0.25, 0.3) is 0 Å². The summed E-state index contributed by atoms with van der Waals surface area (Å²) in [5, 5.41) is 4.29. The molecule has 0 aromatic heterocycles. The van der Waals surface area contributed by atoms with Crippen LogP contribution in [0.3, 0.4) is 0 Å². The number of nitrogens with one attached hydrogen (secondary N) is 1. The molecule has 1 heterocycles. The largest absolute Gasteiger partial charge is 0.495 e. The van der Waals surface area contributed by atoms with E-state index < -0.39 is 0 Å². The van der Waals surface area contributed by atoms with Crippen molar-refractivity contribution in [2.24, 2.45) is 5.10 Å². The molecule has 1 fully saturated rings. The SMILES string of the molecule is Cc1cc(C=NNc2ccccc2)ccc1B1OC(C)(C)C(C)(C)O1. The van der Waals surface area contributed by atoms with Crippen molar-refractivity contribution in [3.05, 3.63) is 59.7 Å². The quantitative estimate of drug-likeness (QED) is 0.525. The van der Waals surface area contributed by atoms with Gasteiger partial charge in [-0.25, -0.2) is 0 Å². The third kappa shape index (κ3) is 3.78. The summed E-state index contributed by atoms with van der Waals surface area (Å²) in [5.74, 6) is 0. The number of anilines is 1. The number of hydrogen-bond acceptors (Lipinski definition) is 4. The minimum absolute atomic E-state index is 0.330. The van der Waals surface area contributed by atoms with Crippen LogP contribution in [0.1, 0.15) is 38.8 Å². The van der Waals surface area contributed by atoms with Crippen molar-refractivity contribution in [1.82, 2.24) is 0 Å². The number of nitrogens with zero attached hydrogens (tertiary/aromatic N) is 1. The van der Waals surface area contributed by atoms with Crippen molar-refractivity contribution < 1.29 is 9.31 Å².